The zero-order chi connectivity index (χ0) is 12.4. The number of imidazole rings is 1. The summed E-state index contributed by atoms with van der Waals surface area (Å²) in [7, 11) is 0. The molecule has 0 spiro atoms. The molecule has 0 saturated carbocycles. The third-order valence-corrected chi connectivity index (χ3v) is 2.43. The number of rotatable bonds is 3. The fraction of sp³-hybridized carbons (Fsp3) is 0.250. The molecule has 0 atom stereocenters. The summed E-state index contributed by atoms with van der Waals surface area (Å²) in [4.78, 5) is 19.1. The van der Waals surface area contributed by atoms with Gasteiger partial charge < -0.3 is 5.11 Å². The lowest BCUT2D eigenvalue weighted by molar-refractivity contribution is 0.0696. The van der Waals surface area contributed by atoms with E-state index in [1.54, 1.807) is 12.3 Å². The highest BCUT2D eigenvalue weighted by Gasteiger charge is 2.10. The van der Waals surface area contributed by atoms with Crippen LogP contribution in [0.25, 0.3) is 5.82 Å². The zero-order valence-electron chi connectivity index (χ0n) is 9.66. The molecule has 0 aliphatic heterocycles. The lowest BCUT2D eigenvalue weighted by Gasteiger charge is -2.09. The molecule has 0 aromatic carbocycles. The van der Waals surface area contributed by atoms with Gasteiger partial charge in [-0.05, 0) is 12.1 Å². The Labute approximate surface area is 98.8 Å². The molecule has 17 heavy (non-hydrogen) atoms. The number of nitrogens with zero attached hydrogens (tertiary/aromatic N) is 3. The molecule has 0 unspecified atom stereocenters. The number of hydrogen-bond donors (Lipinski definition) is 1. The SMILES string of the molecule is CC(C)c1nccn1-c1ccc(C(=O)O)cn1. The first-order valence-corrected chi connectivity index (χ1v) is 5.32. The van der Waals surface area contributed by atoms with E-state index in [0.717, 1.165) is 5.82 Å². The van der Waals surface area contributed by atoms with Gasteiger partial charge in [0.05, 0.1) is 5.56 Å². The molecule has 0 amide bonds. The largest absolute Gasteiger partial charge is 0.478 e. The summed E-state index contributed by atoms with van der Waals surface area (Å²) >= 11 is 0. The van der Waals surface area contributed by atoms with Gasteiger partial charge in [-0.3, -0.25) is 4.57 Å². The predicted octanol–water partition coefficient (Wildman–Crippen LogP) is 2.09. The topological polar surface area (TPSA) is 68.0 Å². The van der Waals surface area contributed by atoms with Crippen LogP contribution in [0.2, 0.25) is 0 Å². The predicted molar refractivity (Wildman–Crippen MR) is 62.4 cm³/mol. The van der Waals surface area contributed by atoms with Crippen LogP contribution in [0.4, 0.5) is 0 Å². The summed E-state index contributed by atoms with van der Waals surface area (Å²) < 4.78 is 1.86. The number of carbonyl (C=O) groups is 1. The second kappa shape index (κ2) is 4.37. The molecule has 5 heteroatoms. The van der Waals surface area contributed by atoms with Crippen molar-refractivity contribution in [1.82, 2.24) is 14.5 Å². The van der Waals surface area contributed by atoms with Gasteiger partial charge in [0.1, 0.15) is 11.6 Å². The second-order valence-electron chi connectivity index (χ2n) is 4.02. The Bertz CT molecular complexity index is 529. The van der Waals surface area contributed by atoms with Crippen LogP contribution in [0, 0.1) is 0 Å². The average molecular weight is 231 g/mol. The molecule has 2 aromatic heterocycles. The first-order chi connectivity index (χ1) is 8.09. The molecule has 1 N–H and O–H groups in total. The number of hydrogen-bond acceptors (Lipinski definition) is 3. The summed E-state index contributed by atoms with van der Waals surface area (Å²) in [5.74, 6) is 0.890. The number of carboxylic acids is 1. The van der Waals surface area contributed by atoms with Crippen LogP contribution in [0.3, 0.4) is 0 Å². The van der Waals surface area contributed by atoms with Crippen molar-refractivity contribution in [3.63, 3.8) is 0 Å². The van der Waals surface area contributed by atoms with E-state index in [-0.39, 0.29) is 11.5 Å². The van der Waals surface area contributed by atoms with E-state index in [1.165, 1.54) is 12.3 Å². The van der Waals surface area contributed by atoms with Crippen LogP contribution in [0.1, 0.15) is 35.9 Å². The van der Waals surface area contributed by atoms with Gasteiger partial charge in [0.15, 0.2) is 0 Å². The Morgan fingerprint density at radius 1 is 1.35 bits per heavy atom. The van der Waals surface area contributed by atoms with Crippen molar-refractivity contribution >= 4 is 5.97 Å². The number of aromatic nitrogens is 3. The molecule has 0 aliphatic carbocycles. The normalized spacial score (nSPS) is 10.8. The summed E-state index contributed by atoms with van der Waals surface area (Å²) in [6.07, 6.45) is 4.88. The van der Waals surface area contributed by atoms with E-state index in [0.29, 0.717) is 5.82 Å². The highest BCUT2D eigenvalue weighted by molar-refractivity contribution is 5.87. The minimum absolute atomic E-state index is 0.181. The maximum absolute atomic E-state index is 10.7. The quantitative estimate of drug-likeness (QED) is 0.878. The van der Waals surface area contributed by atoms with Crippen molar-refractivity contribution in [2.24, 2.45) is 0 Å². The van der Waals surface area contributed by atoms with Gasteiger partial charge in [0.25, 0.3) is 0 Å². The molecule has 2 heterocycles. The maximum Gasteiger partial charge on any atom is 0.337 e. The van der Waals surface area contributed by atoms with Crippen molar-refractivity contribution in [3.8, 4) is 5.82 Å². The van der Waals surface area contributed by atoms with E-state index in [4.69, 9.17) is 5.11 Å². The van der Waals surface area contributed by atoms with E-state index >= 15 is 0 Å². The fourth-order valence-electron chi connectivity index (χ4n) is 1.59. The molecule has 0 radical (unpaired) electrons. The van der Waals surface area contributed by atoms with Crippen LogP contribution in [0.5, 0.6) is 0 Å². The molecule has 2 rings (SSSR count). The summed E-state index contributed by atoms with van der Waals surface area (Å²) in [6, 6.07) is 3.21. The first-order valence-electron chi connectivity index (χ1n) is 5.32. The van der Waals surface area contributed by atoms with E-state index < -0.39 is 5.97 Å². The molecule has 88 valence electrons. The van der Waals surface area contributed by atoms with E-state index in [1.807, 2.05) is 24.6 Å². The highest BCUT2D eigenvalue weighted by atomic mass is 16.4. The van der Waals surface area contributed by atoms with Crippen molar-refractivity contribution in [2.45, 2.75) is 19.8 Å². The van der Waals surface area contributed by atoms with Crippen LogP contribution in [-0.4, -0.2) is 25.6 Å². The van der Waals surface area contributed by atoms with E-state index in [2.05, 4.69) is 9.97 Å². The molecule has 0 fully saturated rings. The fourth-order valence-corrected chi connectivity index (χ4v) is 1.59. The maximum atomic E-state index is 10.7. The van der Waals surface area contributed by atoms with Gasteiger partial charge in [-0.15, -0.1) is 0 Å². The lowest BCUT2D eigenvalue weighted by atomic mass is 10.2. The standard InChI is InChI=1S/C12H13N3O2/c1-8(2)11-13-5-6-15(11)10-4-3-9(7-14-10)12(16)17/h3-8H,1-2H3,(H,16,17). The Balaban J connectivity index is 2.40. The van der Waals surface area contributed by atoms with Crippen LogP contribution in [-0.2, 0) is 0 Å². The third kappa shape index (κ3) is 2.18. The van der Waals surface area contributed by atoms with Crippen LogP contribution in [0.15, 0.2) is 30.7 Å². The zero-order valence-corrected chi connectivity index (χ0v) is 9.66. The van der Waals surface area contributed by atoms with Gasteiger partial charge in [-0.1, -0.05) is 13.8 Å². The highest BCUT2D eigenvalue weighted by Crippen LogP contribution is 2.16. The monoisotopic (exact) mass is 231 g/mol. The summed E-state index contributed by atoms with van der Waals surface area (Å²) in [6.45, 7) is 4.09. The lowest BCUT2D eigenvalue weighted by Crippen LogP contribution is -2.05. The van der Waals surface area contributed by atoms with Crippen molar-refractivity contribution < 1.29 is 9.90 Å². The first kappa shape index (κ1) is 11.3. The molecular weight excluding hydrogens is 218 g/mol. The Kier molecular flexibility index (Phi) is 2.91. The minimum Gasteiger partial charge on any atom is -0.478 e. The number of carboxylic acid groups (broad SMARTS) is 1. The molecule has 0 aliphatic rings. The average Bonchev–Trinajstić information content (AvgIpc) is 2.78. The Morgan fingerprint density at radius 2 is 2.12 bits per heavy atom. The third-order valence-electron chi connectivity index (χ3n) is 2.43. The Morgan fingerprint density at radius 3 is 2.65 bits per heavy atom. The summed E-state index contributed by atoms with van der Waals surface area (Å²) in [5.41, 5.74) is 0.181. The molecule has 0 bridgehead atoms. The van der Waals surface area contributed by atoms with Gasteiger partial charge in [0.2, 0.25) is 0 Å². The summed E-state index contributed by atoms with van der Waals surface area (Å²) in [5, 5.41) is 8.79. The Hall–Kier alpha value is -2.17. The van der Waals surface area contributed by atoms with Gasteiger partial charge >= 0.3 is 5.97 Å². The van der Waals surface area contributed by atoms with Crippen LogP contribution >= 0.6 is 0 Å². The minimum atomic E-state index is -0.973. The van der Waals surface area contributed by atoms with Gasteiger partial charge in [-0.2, -0.15) is 0 Å². The number of pyridine rings is 1. The van der Waals surface area contributed by atoms with Gasteiger partial charge in [0, 0.05) is 24.5 Å². The molecular formula is C12H13N3O2. The van der Waals surface area contributed by atoms with Gasteiger partial charge in [-0.25, -0.2) is 14.8 Å². The molecule has 5 nitrogen and oxygen atoms in total. The van der Waals surface area contributed by atoms with Crippen molar-refractivity contribution in [1.29, 1.82) is 0 Å². The van der Waals surface area contributed by atoms with Crippen LogP contribution < -0.4 is 0 Å². The van der Waals surface area contributed by atoms with Crippen molar-refractivity contribution in [3.05, 3.63) is 42.1 Å². The second-order valence-corrected chi connectivity index (χ2v) is 4.02. The van der Waals surface area contributed by atoms with Crippen molar-refractivity contribution in [2.75, 3.05) is 0 Å². The van der Waals surface area contributed by atoms with E-state index in [9.17, 15) is 4.79 Å². The number of aromatic carboxylic acids is 1. The molecule has 0 saturated heterocycles. The smallest absolute Gasteiger partial charge is 0.337 e. The molecule has 2 aromatic rings.